The Balaban J connectivity index is 1.92. The molecule has 2 N–H and O–H groups in total. The summed E-state index contributed by atoms with van der Waals surface area (Å²) in [7, 11) is 0. The van der Waals surface area contributed by atoms with Gasteiger partial charge in [-0.1, -0.05) is 55.0 Å². The van der Waals surface area contributed by atoms with Crippen molar-refractivity contribution in [2.24, 2.45) is 0 Å². The third kappa shape index (κ3) is 6.42. The van der Waals surface area contributed by atoms with Crippen LogP contribution in [0.15, 0.2) is 60.7 Å². The van der Waals surface area contributed by atoms with E-state index >= 15 is 0 Å². The molecule has 0 radical (unpaired) electrons. The fourth-order valence-electron chi connectivity index (χ4n) is 3.95. The number of ether oxygens (including phenoxy) is 1. The fraction of sp³-hybridized carbons (Fsp3) is 0.276. The van der Waals surface area contributed by atoms with Crippen molar-refractivity contribution in [2.75, 3.05) is 11.9 Å². The quantitative estimate of drug-likeness (QED) is 0.377. The van der Waals surface area contributed by atoms with E-state index in [0.29, 0.717) is 11.3 Å². The number of alkyl carbamates (subject to hydrolysis) is 1. The van der Waals surface area contributed by atoms with Crippen molar-refractivity contribution in [1.29, 1.82) is 0 Å². The van der Waals surface area contributed by atoms with Crippen LogP contribution >= 0.6 is 0 Å². The van der Waals surface area contributed by atoms with E-state index in [1.54, 1.807) is 26.8 Å². The molecule has 7 nitrogen and oxygen atoms in total. The maximum atomic E-state index is 13.7. The predicted octanol–water partition coefficient (Wildman–Crippen LogP) is 5.08. The van der Waals surface area contributed by atoms with E-state index in [1.165, 1.54) is 0 Å². The lowest BCUT2D eigenvalue weighted by Gasteiger charge is -2.29. The molecule has 0 saturated heterocycles. The Morgan fingerprint density at radius 2 is 1.61 bits per heavy atom. The number of benzene rings is 3. The van der Waals surface area contributed by atoms with Crippen LogP contribution in [-0.2, 0) is 14.3 Å². The second-order valence-corrected chi connectivity index (χ2v) is 9.51. The molecule has 0 aliphatic carbocycles. The summed E-state index contributed by atoms with van der Waals surface area (Å²) < 4.78 is 5.19. The van der Waals surface area contributed by atoms with Crippen LogP contribution in [0.3, 0.4) is 0 Å². The van der Waals surface area contributed by atoms with E-state index in [2.05, 4.69) is 16.7 Å². The number of aryl methyl sites for hydroxylation is 2. The number of terminal acetylenes is 1. The van der Waals surface area contributed by atoms with E-state index < -0.39 is 36.1 Å². The van der Waals surface area contributed by atoms with Gasteiger partial charge in [0.25, 0.3) is 11.8 Å². The number of anilines is 1. The maximum Gasteiger partial charge on any atom is 0.408 e. The molecule has 0 bridgehead atoms. The Kier molecular flexibility index (Phi) is 8.00. The third-order valence-electron chi connectivity index (χ3n) is 5.53. The van der Waals surface area contributed by atoms with Crippen molar-refractivity contribution in [1.82, 2.24) is 10.2 Å². The van der Waals surface area contributed by atoms with Crippen LogP contribution in [0, 0.1) is 26.3 Å². The van der Waals surface area contributed by atoms with Crippen LogP contribution in [0.25, 0.3) is 10.8 Å². The molecule has 7 heteroatoms. The van der Waals surface area contributed by atoms with Crippen molar-refractivity contribution < 1.29 is 19.1 Å². The van der Waals surface area contributed by atoms with Crippen molar-refractivity contribution in [3.8, 4) is 12.5 Å². The molecular weight excluding hydrogens is 454 g/mol. The van der Waals surface area contributed by atoms with Gasteiger partial charge in [-0.3, -0.25) is 14.5 Å². The van der Waals surface area contributed by atoms with Crippen LogP contribution < -0.4 is 10.6 Å². The van der Waals surface area contributed by atoms with E-state index in [-0.39, 0.29) is 0 Å². The summed E-state index contributed by atoms with van der Waals surface area (Å²) in [5.74, 6) is -1.09. The number of hydrogen-bond acceptors (Lipinski definition) is 4. The highest BCUT2D eigenvalue weighted by Gasteiger charge is 2.33. The van der Waals surface area contributed by atoms with Crippen LogP contribution in [0.2, 0.25) is 0 Å². The molecule has 0 saturated carbocycles. The van der Waals surface area contributed by atoms with E-state index in [4.69, 9.17) is 11.2 Å². The van der Waals surface area contributed by atoms with Gasteiger partial charge < -0.3 is 15.4 Å². The Morgan fingerprint density at radius 3 is 2.22 bits per heavy atom. The van der Waals surface area contributed by atoms with Crippen LogP contribution in [-0.4, -0.2) is 35.0 Å². The molecule has 36 heavy (non-hydrogen) atoms. The highest BCUT2D eigenvalue weighted by molar-refractivity contribution is 6.00. The molecule has 3 amide bonds. The molecule has 0 aromatic heterocycles. The van der Waals surface area contributed by atoms with Crippen LogP contribution in [0.4, 0.5) is 10.5 Å². The molecule has 0 aliphatic heterocycles. The van der Waals surface area contributed by atoms with Gasteiger partial charge in [-0.15, -0.1) is 0 Å². The monoisotopic (exact) mass is 485 g/mol. The largest absolute Gasteiger partial charge is 0.444 e. The number of fused-ring (bicyclic) bond motifs is 1. The number of nitrogens with one attached hydrogen (secondary N) is 2. The maximum absolute atomic E-state index is 13.7. The van der Waals surface area contributed by atoms with Gasteiger partial charge in [0.2, 0.25) is 0 Å². The molecule has 3 aromatic carbocycles. The van der Waals surface area contributed by atoms with E-state index in [0.717, 1.165) is 26.8 Å². The van der Waals surface area contributed by atoms with Gasteiger partial charge in [0.15, 0.2) is 0 Å². The highest BCUT2D eigenvalue weighted by atomic mass is 16.6. The molecule has 0 heterocycles. The zero-order chi connectivity index (χ0) is 26.5. The second-order valence-electron chi connectivity index (χ2n) is 9.51. The summed E-state index contributed by atoms with van der Waals surface area (Å²) in [6, 6.07) is 20.2. The zero-order valence-corrected chi connectivity index (χ0v) is 21.2. The highest BCUT2D eigenvalue weighted by Crippen LogP contribution is 2.29. The van der Waals surface area contributed by atoms with Crippen molar-refractivity contribution in [3.63, 3.8) is 0 Å². The minimum Gasteiger partial charge on any atom is -0.444 e. The topological polar surface area (TPSA) is 87.7 Å². The van der Waals surface area contributed by atoms with Gasteiger partial charge in [0, 0.05) is 11.7 Å². The first-order valence-corrected chi connectivity index (χ1v) is 11.6. The number of nitrogens with zero attached hydrogens (tertiary/aromatic N) is 1. The number of rotatable bonds is 6. The lowest BCUT2D eigenvalue weighted by molar-refractivity contribution is -0.134. The summed E-state index contributed by atoms with van der Waals surface area (Å²) in [5, 5.41) is 7.33. The summed E-state index contributed by atoms with van der Waals surface area (Å²) in [6.45, 7) is 8.44. The summed E-state index contributed by atoms with van der Waals surface area (Å²) in [5.41, 5.74) is 2.09. The smallest absolute Gasteiger partial charge is 0.408 e. The van der Waals surface area contributed by atoms with E-state index in [1.807, 2.05) is 68.4 Å². The fourth-order valence-corrected chi connectivity index (χ4v) is 3.95. The van der Waals surface area contributed by atoms with Crippen molar-refractivity contribution in [3.05, 3.63) is 77.4 Å². The van der Waals surface area contributed by atoms with Gasteiger partial charge in [-0.05, 0) is 74.2 Å². The van der Waals surface area contributed by atoms with Gasteiger partial charge in [-0.25, -0.2) is 4.79 Å². The van der Waals surface area contributed by atoms with Gasteiger partial charge in [0.1, 0.15) is 18.2 Å². The van der Waals surface area contributed by atoms with Crippen LogP contribution in [0.1, 0.15) is 43.5 Å². The first kappa shape index (κ1) is 26.3. The van der Waals surface area contributed by atoms with E-state index in [9.17, 15) is 14.4 Å². The first-order chi connectivity index (χ1) is 17.0. The molecule has 3 aromatic rings. The number of hydrogen-bond donors (Lipinski definition) is 2. The van der Waals surface area contributed by atoms with Gasteiger partial charge in [0.05, 0.1) is 0 Å². The second kappa shape index (κ2) is 11.0. The lowest BCUT2D eigenvalue weighted by Crippen LogP contribution is -2.44. The molecule has 1 unspecified atom stereocenters. The Morgan fingerprint density at radius 1 is 0.972 bits per heavy atom. The Bertz CT molecular complexity index is 1310. The van der Waals surface area contributed by atoms with Gasteiger partial charge in [-0.2, -0.15) is 0 Å². The molecular formula is C29H31N3O4. The lowest BCUT2D eigenvalue weighted by atomic mass is 9.94. The SMILES string of the molecule is C#CN(C(=O)CNC(=O)OC(C)(C)C)C(C(=O)Nc1ccc2ccccc2c1)c1c(C)cccc1C. The van der Waals surface area contributed by atoms with Crippen molar-refractivity contribution >= 4 is 34.4 Å². The first-order valence-electron chi connectivity index (χ1n) is 11.6. The standard InChI is InChI=1S/C29H31N3O4/c1-7-32(24(33)18-30-28(35)36-29(4,5)6)26(25-19(2)11-10-12-20(25)3)27(34)31-23-16-15-21-13-8-9-14-22(21)17-23/h1,8-17,26H,18H2,2-6H3,(H,30,35)(H,31,34). The molecule has 0 fully saturated rings. The minimum absolute atomic E-state index is 0.427. The number of carbonyl (C=O) groups is 3. The molecule has 0 spiro atoms. The summed E-state index contributed by atoms with van der Waals surface area (Å²) in [6.07, 6.45) is 5.00. The number of carbonyl (C=O) groups excluding carboxylic acids is 3. The van der Waals surface area contributed by atoms with Gasteiger partial charge >= 0.3 is 6.09 Å². The minimum atomic E-state index is -1.12. The van der Waals surface area contributed by atoms with Crippen molar-refractivity contribution in [2.45, 2.75) is 46.3 Å². The molecule has 1 atom stereocenters. The Hall–Kier alpha value is -4.31. The Labute approximate surface area is 211 Å². The molecule has 0 aliphatic rings. The molecule has 186 valence electrons. The van der Waals surface area contributed by atoms with Crippen LogP contribution in [0.5, 0.6) is 0 Å². The summed E-state index contributed by atoms with van der Waals surface area (Å²) in [4.78, 5) is 39.9. The third-order valence-corrected chi connectivity index (χ3v) is 5.53. The average molecular weight is 486 g/mol. The number of amides is 3. The summed E-state index contributed by atoms with van der Waals surface area (Å²) >= 11 is 0. The predicted molar refractivity (Wildman–Crippen MR) is 141 cm³/mol. The average Bonchev–Trinajstić information content (AvgIpc) is 2.80. The molecule has 3 rings (SSSR count). The normalized spacial score (nSPS) is 11.8. The zero-order valence-electron chi connectivity index (χ0n) is 21.2.